The average Bonchev–Trinajstić information content (AvgIpc) is 2.38. The minimum Gasteiger partial charge on any atom is -0.486 e. The van der Waals surface area contributed by atoms with Crippen LogP contribution in [0.3, 0.4) is 0 Å². The lowest BCUT2D eigenvalue weighted by atomic mass is 10.2. The van der Waals surface area contributed by atoms with E-state index in [-0.39, 0.29) is 18.2 Å². The van der Waals surface area contributed by atoms with Crippen molar-refractivity contribution in [3.8, 4) is 5.75 Å². The van der Waals surface area contributed by atoms with Gasteiger partial charge in [0, 0.05) is 18.8 Å². The first-order valence-corrected chi connectivity index (χ1v) is 5.30. The predicted molar refractivity (Wildman–Crippen MR) is 64.5 cm³/mol. The zero-order valence-corrected chi connectivity index (χ0v) is 9.48. The van der Waals surface area contributed by atoms with Crippen LogP contribution in [0, 0.1) is 5.82 Å². The molecule has 3 nitrogen and oxygen atoms in total. The molecule has 0 aliphatic rings. The molecule has 88 valence electrons. The Hall–Kier alpha value is -2.10. The highest BCUT2D eigenvalue weighted by Crippen LogP contribution is 2.19. The van der Waals surface area contributed by atoms with Crippen molar-refractivity contribution in [2.75, 3.05) is 12.4 Å². The van der Waals surface area contributed by atoms with Crippen LogP contribution in [0.15, 0.2) is 42.6 Å². The van der Waals surface area contributed by atoms with E-state index in [1.54, 1.807) is 31.4 Å². The van der Waals surface area contributed by atoms with Crippen molar-refractivity contribution in [1.29, 1.82) is 0 Å². The van der Waals surface area contributed by atoms with Crippen molar-refractivity contribution >= 4 is 5.82 Å². The van der Waals surface area contributed by atoms with Gasteiger partial charge >= 0.3 is 0 Å². The summed E-state index contributed by atoms with van der Waals surface area (Å²) in [5.41, 5.74) is 0.887. The fourth-order valence-electron chi connectivity index (χ4n) is 1.50. The highest BCUT2D eigenvalue weighted by molar-refractivity contribution is 5.42. The summed E-state index contributed by atoms with van der Waals surface area (Å²) in [5.74, 6) is 0.629. The van der Waals surface area contributed by atoms with Crippen LogP contribution in [0.5, 0.6) is 5.75 Å². The summed E-state index contributed by atoms with van der Waals surface area (Å²) in [6.45, 7) is 0.283. The van der Waals surface area contributed by atoms with Gasteiger partial charge in [-0.05, 0) is 18.2 Å². The van der Waals surface area contributed by atoms with E-state index in [9.17, 15) is 4.39 Å². The average molecular weight is 232 g/mol. The third kappa shape index (κ3) is 2.72. The Morgan fingerprint density at radius 2 is 2.06 bits per heavy atom. The number of nitrogens with zero attached hydrogens (tertiary/aromatic N) is 1. The molecule has 0 aliphatic carbocycles. The Morgan fingerprint density at radius 3 is 2.82 bits per heavy atom. The van der Waals surface area contributed by atoms with Crippen LogP contribution in [0.25, 0.3) is 0 Å². The Kier molecular flexibility index (Phi) is 3.55. The van der Waals surface area contributed by atoms with Gasteiger partial charge in [0.05, 0.1) is 0 Å². The van der Waals surface area contributed by atoms with Crippen LogP contribution in [-0.4, -0.2) is 12.0 Å². The minimum atomic E-state index is -0.359. The molecule has 0 bridgehead atoms. The van der Waals surface area contributed by atoms with Crippen LogP contribution in [-0.2, 0) is 6.61 Å². The quantitative estimate of drug-likeness (QED) is 0.880. The molecule has 0 spiro atoms. The number of hydrogen-bond donors (Lipinski definition) is 1. The number of nitrogens with one attached hydrogen (secondary N) is 1. The second-order valence-corrected chi connectivity index (χ2v) is 3.48. The monoisotopic (exact) mass is 232 g/mol. The molecule has 0 atom stereocenters. The number of hydrogen-bond acceptors (Lipinski definition) is 3. The number of halogens is 1. The van der Waals surface area contributed by atoms with E-state index in [0.29, 0.717) is 0 Å². The largest absolute Gasteiger partial charge is 0.486 e. The van der Waals surface area contributed by atoms with Crippen LogP contribution in [0.2, 0.25) is 0 Å². The Morgan fingerprint density at radius 1 is 1.24 bits per heavy atom. The van der Waals surface area contributed by atoms with Crippen molar-refractivity contribution in [3.05, 3.63) is 54.0 Å². The van der Waals surface area contributed by atoms with Crippen molar-refractivity contribution in [2.45, 2.75) is 6.61 Å². The van der Waals surface area contributed by atoms with Gasteiger partial charge < -0.3 is 10.1 Å². The molecule has 0 unspecified atom stereocenters. The Labute approximate surface area is 99.3 Å². The second-order valence-electron chi connectivity index (χ2n) is 3.48. The summed E-state index contributed by atoms with van der Waals surface area (Å²) in [6.07, 6.45) is 1.69. The SMILES string of the molecule is CNc1ncccc1COc1ccccc1F. The minimum absolute atomic E-state index is 0.249. The van der Waals surface area contributed by atoms with Gasteiger partial charge in [-0.2, -0.15) is 0 Å². The van der Waals surface area contributed by atoms with E-state index in [2.05, 4.69) is 10.3 Å². The summed E-state index contributed by atoms with van der Waals surface area (Å²) >= 11 is 0. The maximum Gasteiger partial charge on any atom is 0.165 e. The standard InChI is InChI=1S/C13H13FN2O/c1-15-13-10(5-4-8-16-13)9-17-12-7-3-2-6-11(12)14/h2-8H,9H2,1H3,(H,15,16). The van der Waals surface area contributed by atoms with E-state index in [1.165, 1.54) is 6.07 Å². The number of anilines is 1. The summed E-state index contributed by atoms with van der Waals surface area (Å²) in [6, 6.07) is 10.1. The molecule has 0 saturated carbocycles. The maximum atomic E-state index is 13.3. The topological polar surface area (TPSA) is 34.2 Å². The second kappa shape index (κ2) is 5.30. The van der Waals surface area contributed by atoms with Gasteiger partial charge in [-0.25, -0.2) is 9.37 Å². The van der Waals surface area contributed by atoms with Gasteiger partial charge in [0.2, 0.25) is 0 Å². The van der Waals surface area contributed by atoms with E-state index in [1.807, 2.05) is 12.1 Å². The fraction of sp³-hybridized carbons (Fsp3) is 0.154. The van der Waals surface area contributed by atoms with E-state index in [0.717, 1.165) is 11.4 Å². The first kappa shape index (κ1) is 11.4. The number of aromatic nitrogens is 1. The molecular weight excluding hydrogens is 219 g/mol. The Bertz CT molecular complexity index is 502. The van der Waals surface area contributed by atoms with Crippen LogP contribution >= 0.6 is 0 Å². The van der Waals surface area contributed by atoms with Gasteiger partial charge in [0.15, 0.2) is 11.6 Å². The van der Waals surface area contributed by atoms with E-state index >= 15 is 0 Å². The molecule has 0 aliphatic heterocycles. The van der Waals surface area contributed by atoms with Crippen molar-refractivity contribution < 1.29 is 9.13 Å². The Balaban J connectivity index is 2.10. The van der Waals surface area contributed by atoms with Gasteiger partial charge in [-0.1, -0.05) is 18.2 Å². The molecule has 0 saturated heterocycles. The molecule has 0 amide bonds. The molecule has 2 aromatic rings. The maximum absolute atomic E-state index is 13.3. The lowest BCUT2D eigenvalue weighted by Crippen LogP contribution is -2.03. The van der Waals surface area contributed by atoms with Crippen LogP contribution in [0.4, 0.5) is 10.2 Å². The molecule has 4 heteroatoms. The number of ether oxygens (including phenoxy) is 1. The van der Waals surface area contributed by atoms with Gasteiger partial charge in [-0.15, -0.1) is 0 Å². The molecule has 1 aromatic heterocycles. The lowest BCUT2D eigenvalue weighted by Gasteiger charge is -2.10. The number of pyridine rings is 1. The van der Waals surface area contributed by atoms with Gasteiger partial charge in [0.1, 0.15) is 12.4 Å². The summed E-state index contributed by atoms with van der Waals surface area (Å²) in [5, 5.41) is 2.96. The molecular formula is C13H13FN2O. The first-order chi connectivity index (χ1) is 8.31. The van der Waals surface area contributed by atoms with Crippen molar-refractivity contribution in [1.82, 2.24) is 4.98 Å². The fourth-order valence-corrected chi connectivity index (χ4v) is 1.50. The third-order valence-corrected chi connectivity index (χ3v) is 2.35. The third-order valence-electron chi connectivity index (χ3n) is 2.35. The molecule has 0 radical (unpaired) electrons. The van der Waals surface area contributed by atoms with Gasteiger partial charge in [0.25, 0.3) is 0 Å². The first-order valence-electron chi connectivity index (χ1n) is 5.30. The summed E-state index contributed by atoms with van der Waals surface area (Å²) in [7, 11) is 1.79. The molecule has 1 N–H and O–H groups in total. The molecule has 0 fully saturated rings. The lowest BCUT2D eigenvalue weighted by molar-refractivity contribution is 0.290. The molecule has 1 aromatic carbocycles. The number of rotatable bonds is 4. The zero-order chi connectivity index (χ0) is 12.1. The van der Waals surface area contributed by atoms with Crippen molar-refractivity contribution in [3.63, 3.8) is 0 Å². The number of para-hydroxylation sites is 1. The smallest absolute Gasteiger partial charge is 0.165 e. The van der Waals surface area contributed by atoms with Crippen molar-refractivity contribution in [2.24, 2.45) is 0 Å². The summed E-state index contributed by atoms with van der Waals surface area (Å²) < 4.78 is 18.7. The molecule has 17 heavy (non-hydrogen) atoms. The number of benzene rings is 1. The van der Waals surface area contributed by atoms with E-state index in [4.69, 9.17) is 4.74 Å². The molecule has 1 heterocycles. The van der Waals surface area contributed by atoms with Crippen LogP contribution in [0.1, 0.15) is 5.56 Å². The summed E-state index contributed by atoms with van der Waals surface area (Å²) in [4.78, 5) is 4.15. The zero-order valence-electron chi connectivity index (χ0n) is 9.48. The highest BCUT2D eigenvalue weighted by atomic mass is 19.1. The normalized spacial score (nSPS) is 10.0. The highest BCUT2D eigenvalue weighted by Gasteiger charge is 2.05. The van der Waals surface area contributed by atoms with Gasteiger partial charge in [-0.3, -0.25) is 0 Å². The van der Waals surface area contributed by atoms with Crippen LogP contribution < -0.4 is 10.1 Å². The molecule has 2 rings (SSSR count). The van der Waals surface area contributed by atoms with E-state index < -0.39 is 0 Å². The predicted octanol–water partition coefficient (Wildman–Crippen LogP) is 2.84.